The number of allylic oxidation sites excluding steroid dienone is 1. The third-order valence-corrected chi connectivity index (χ3v) is 2.82. The molecule has 0 aliphatic heterocycles. The maximum atomic E-state index is 12.0. The molecule has 0 aliphatic rings. The van der Waals surface area contributed by atoms with Crippen LogP contribution in [-0.4, -0.2) is 15.7 Å². The van der Waals surface area contributed by atoms with E-state index in [1.165, 1.54) is 11.6 Å². The van der Waals surface area contributed by atoms with Crippen molar-refractivity contribution >= 4 is 11.5 Å². The third-order valence-electron chi connectivity index (χ3n) is 2.82. The smallest absolute Gasteiger partial charge is 0.332 e. The van der Waals surface area contributed by atoms with Crippen molar-refractivity contribution in [2.24, 2.45) is 7.05 Å². The molecular weight excluding hydrogens is 244 g/mol. The lowest BCUT2D eigenvalue weighted by molar-refractivity contribution is 0.601. The van der Waals surface area contributed by atoms with Crippen molar-refractivity contribution in [2.45, 2.75) is 33.7 Å². The molecule has 0 atom stereocenters. The standard InChI is InChI=1S/C13H22N4O2/c1-5-8-17-11(14)10(15-7-6-9(2)3)12(18)16(4)13(17)19/h6,15H,5,7-8,14H2,1-4H3. The van der Waals surface area contributed by atoms with Crippen molar-refractivity contribution in [3.8, 4) is 0 Å². The van der Waals surface area contributed by atoms with E-state index in [1.54, 1.807) is 0 Å². The number of nitrogen functional groups attached to an aromatic ring is 1. The van der Waals surface area contributed by atoms with E-state index in [1.807, 2.05) is 26.8 Å². The van der Waals surface area contributed by atoms with Gasteiger partial charge in [0.05, 0.1) is 0 Å². The number of anilines is 2. The molecule has 1 heterocycles. The average Bonchev–Trinajstić information content (AvgIpc) is 2.36. The first-order valence-corrected chi connectivity index (χ1v) is 6.36. The van der Waals surface area contributed by atoms with Gasteiger partial charge < -0.3 is 11.1 Å². The molecular formula is C13H22N4O2. The lowest BCUT2D eigenvalue weighted by Gasteiger charge is -2.14. The summed E-state index contributed by atoms with van der Waals surface area (Å²) < 4.78 is 2.50. The highest BCUT2D eigenvalue weighted by atomic mass is 16.2. The summed E-state index contributed by atoms with van der Waals surface area (Å²) in [5.41, 5.74) is 6.58. The van der Waals surface area contributed by atoms with E-state index >= 15 is 0 Å². The topological polar surface area (TPSA) is 82.0 Å². The lowest BCUT2D eigenvalue weighted by Crippen LogP contribution is -2.40. The van der Waals surface area contributed by atoms with Crippen LogP contribution in [0.15, 0.2) is 21.2 Å². The third kappa shape index (κ3) is 3.27. The van der Waals surface area contributed by atoms with Crippen LogP contribution in [0.4, 0.5) is 11.5 Å². The minimum absolute atomic E-state index is 0.206. The van der Waals surface area contributed by atoms with Crippen molar-refractivity contribution in [1.29, 1.82) is 0 Å². The second-order valence-corrected chi connectivity index (χ2v) is 4.72. The molecule has 0 spiro atoms. The zero-order valence-corrected chi connectivity index (χ0v) is 12.0. The van der Waals surface area contributed by atoms with E-state index in [0.29, 0.717) is 13.1 Å². The second-order valence-electron chi connectivity index (χ2n) is 4.72. The molecule has 1 rings (SSSR count). The van der Waals surface area contributed by atoms with E-state index in [-0.39, 0.29) is 17.2 Å². The van der Waals surface area contributed by atoms with Crippen molar-refractivity contribution in [1.82, 2.24) is 9.13 Å². The first-order chi connectivity index (χ1) is 8.90. The Labute approximate surface area is 112 Å². The Morgan fingerprint density at radius 3 is 2.53 bits per heavy atom. The van der Waals surface area contributed by atoms with Crippen LogP contribution in [0.2, 0.25) is 0 Å². The summed E-state index contributed by atoms with van der Waals surface area (Å²) in [5.74, 6) is 0.206. The van der Waals surface area contributed by atoms with Gasteiger partial charge in [-0.3, -0.25) is 13.9 Å². The zero-order chi connectivity index (χ0) is 14.6. The van der Waals surface area contributed by atoms with Gasteiger partial charge in [0.2, 0.25) is 0 Å². The van der Waals surface area contributed by atoms with Crippen molar-refractivity contribution in [3.05, 3.63) is 32.5 Å². The fourth-order valence-electron chi connectivity index (χ4n) is 1.75. The van der Waals surface area contributed by atoms with Gasteiger partial charge in [0, 0.05) is 20.1 Å². The SMILES string of the molecule is CCCn1c(N)c(NCC=C(C)C)c(=O)n(C)c1=O. The summed E-state index contributed by atoms with van der Waals surface area (Å²) in [7, 11) is 1.46. The number of hydrogen-bond donors (Lipinski definition) is 2. The molecule has 106 valence electrons. The molecule has 0 fully saturated rings. The Kier molecular flexibility index (Phi) is 4.97. The number of nitrogens with zero attached hydrogens (tertiary/aromatic N) is 2. The van der Waals surface area contributed by atoms with E-state index in [2.05, 4.69) is 5.32 Å². The molecule has 3 N–H and O–H groups in total. The molecule has 0 radical (unpaired) electrons. The zero-order valence-electron chi connectivity index (χ0n) is 12.0. The quantitative estimate of drug-likeness (QED) is 0.776. The fraction of sp³-hybridized carbons (Fsp3) is 0.538. The second kappa shape index (κ2) is 6.26. The Hall–Kier alpha value is -1.98. The summed E-state index contributed by atoms with van der Waals surface area (Å²) in [6.07, 6.45) is 2.73. The van der Waals surface area contributed by atoms with E-state index in [9.17, 15) is 9.59 Å². The molecule has 19 heavy (non-hydrogen) atoms. The van der Waals surface area contributed by atoms with Gasteiger partial charge in [-0.25, -0.2) is 4.79 Å². The minimum Gasteiger partial charge on any atom is -0.383 e. The van der Waals surface area contributed by atoms with Crippen LogP contribution in [-0.2, 0) is 13.6 Å². The van der Waals surface area contributed by atoms with E-state index in [4.69, 9.17) is 5.73 Å². The van der Waals surface area contributed by atoms with Gasteiger partial charge in [-0.15, -0.1) is 0 Å². The van der Waals surface area contributed by atoms with Crippen LogP contribution in [0.3, 0.4) is 0 Å². The van der Waals surface area contributed by atoms with Gasteiger partial charge in [0.25, 0.3) is 5.56 Å². The van der Waals surface area contributed by atoms with Gasteiger partial charge in [0.1, 0.15) is 11.5 Å². The Balaban J connectivity index is 3.27. The molecule has 6 nitrogen and oxygen atoms in total. The van der Waals surface area contributed by atoms with Crippen LogP contribution in [0.25, 0.3) is 0 Å². The van der Waals surface area contributed by atoms with Crippen LogP contribution < -0.4 is 22.3 Å². The highest BCUT2D eigenvalue weighted by Crippen LogP contribution is 2.10. The lowest BCUT2D eigenvalue weighted by atomic mass is 10.3. The van der Waals surface area contributed by atoms with E-state index < -0.39 is 5.56 Å². The molecule has 1 aromatic rings. The molecule has 6 heteroatoms. The largest absolute Gasteiger partial charge is 0.383 e. The summed E-state index contributed by atoms with van der Waals surface area (Å²) >= 11 is 0. The van der Waals surface area contributed by atoms with Crippen LogP contribution in [0.1, 0.15) is 27.2 Å². The van der Waals surface area contributed by atoms with Crippen molar-refractivity contribution in [2.75, 3.05) is 17.6 Å². The minimum atomic E-state index is -0.392. The van der Waals surface area contributed by atoms with Crippen LogP contribution >= 0.6 is 0 Å². The number of nitrogens with two attached hydrogens (primary N) is 1. The van der Waals surface area contributed by atoms with Gasteiger partial charge in [-0.05, 0) is 20.3 Å². The molecule has 0 unspecified atom stereocenters. The average molecular weight is 266 g/mol. The Morgan fingerprint density at radius 2 is 2.00 bits per heavy atom. The molecule has 0 aromatic carbocycles. The van der Waals surface area contributed by atoms with Crippen LogP contribution in [0.5, 0.6) is 0 Å². The van der Waals surface area contributed by atoms with Gasteiger partial charge >= 0.3 is 5.69 Å². The van der Waals surface area contributed by atoms with E-state index in [0.717, 1.165) is 16.6 Å². The Morgan fingerprint density at radius 1 is 1.37 bits per heavy atom. The molecule has 0 saturated carbocycles. The summed E-state index contributed by atoms with van der Waals surface area (Å²) in [5, 5.41) is 2.98. The predicted octanol–water partition coefficient (Wildman–Crippen LogP) is 0.917. The molecule has 0 bridgehead atoms. The highest BCUT2D eigenvalue weighted by molar-refractivity contribution is 5.60. The number of hydrogen-bond acceptors (Lipinski definition) is 4. The van der Waals surface area contributed by atoms with Crippen molar-refractivity contribution in [3.63, 3.8) is 0 Å². The first-order valence-electron chi connectivity index (χ1n) is 6.36. The van der Waals surface area contributed by atoms with Crippen molar-refractivity contribution < 1.29 is 0 Å². The molecule has 0 amide bonds. The Bertz CT molecular complexity index is 592. The van der Waals surface area contributed by atoms with Gasteiger partial charge in [-0.2, -0.15) is 0 Å². The normalized spacial score (nSPS) is 10.3. The van der Waals surface area contributed by atoms with Gasteiger partial charge in [-0.1, -0.05) is 18.6 Å². The predicted molar refractivity (Wildman–Crippen MR) is 78.6 cm³/mol. The maximum Gasteiger partial charge on any atom is 0.332 e. The monoisotopic (exact) mass is 266 g/mol. The molecule has 1 aromatic heterocycles. The van der Waals surface area contributed by atoms with Gasteiger partial charge in [0.15, 0.2) is 0 Å². The summed E-state index contributed by atoms with van der Waals surface area (Å²) in [6, 6.07) is 0. The molecule has 0 saturated heterocycles. The number of aromatic nitrogens is 2. The first kappa shape index (κ1) is 15.1. The molecule has 0 aliphatic carbocycles. The summed E-state index contributed by atoms with van der Waals surface area (Å²) in [4.78, 5) is 24.0. The fourth-order valence-corrected chi connectivity index (χ4v) is 1.75. The number of rotatable bonds is 5. The summed E-state index contributed by atoms with van der Waals surface area (Å²) in [6.45, 7) is 6.90. The number of nitrogens with one attached hydrogen (secondary N) is 1. The van der Waals surface area contributed by atoms with Crippen LogP contribution in [0, 0.1) is 0 Å². The highest BCUT2D eigenvalue weighted by Gasteiger charge is 2.13. The maximum absolute atomic E-state index is 12.0.